The molecule has 0 N–H and O–H groups in total. The molecule has 0 aliphatic heterocycles. The largest absolute Gasteiger partial charge is 0.497 e. The second-order valence-corrected chi connectivity index (χ2v) is 4.87. The topological polar surface area (TPSA) is 39.2 Å². The van der Waals surface area contributed by atoms with Crippen LogP contribution in [0.4, 0.5) is 4.39 Å². The van der Waals surface area contributed by atoms with Gasteiger partial charge in [-0.25, -0.2) is 4.39 Å². The van der Waals surface area contributed by atoms with E-state index in [1.807, 2.05) is 0 Å². The third-order valence-electron chi connectivity index (χ3n) is 3.73. The summed E-state index contributed by atoms with van der Waals surface area (Å²) in [5.74, 6) is 0.167. The Bertz CT molecular complexity index is 657. The van der Waals surface area contributed by atoms with E-state index in [2.05, 4.69) is 4.98 Å². The maximum atomic E-state index is 15.1. The number of methoxy groups -OCH3 is 1. The van der Waals surface area contributed by atoms with Crippen LogP contribution in [-0.2, 0) is 12.1 Å². The third-order valence-corrected chi connectivity index (χ3v) is 3.73. The van der Waals surface area contributed by atoms with Gasteiger partial charge in [0.1, 0.15) is 5.75 Å². The lowest BCUT2D eigenvalue weighted by molar-refractivity contribution is 0.0618. The number of hydrogen-bond donors (Lipinski definition) is 0. The van der Waals surface area contributed by atoms with Gasteiger partial charge in [-0.3, -0.25) is 9.78 Å². The van der Waals surface area contributed by atoms with Gasteiger partial charge in [-0.15, -0.1) is 0 Å². The van der Waals surface area contributed by atoms with E-state index in [9.17, 15) is 4.79 Å². The van der Waals surface area contributed by atoms with E-state index in [-0.39, 0.29) is 12.1 Å². The molecule has 1 aliphatic carbocycles. The summed E-state index contributed by atoms with van der Waals surface area (Å²) in [4.78, 5) is 16.5. The molecule has 4 heteroatoms. The van der Waals surface area contributed by atoms with Crippen LogP contribution in [0.5, 0.6) is 5.75 Å². The van der Waals surface area contributed by atoms with Crippen molar-refractivity contribution in [2.45, 2.75) is 18.5 Å². The number of nitrogens with zero attached hydrogens (tertiary/aromatic N) is 1. The first-order valence-corrected chi connectivity index (χ1v) is 6.47. The number of halogens is 1. The van der Waals surface area contributed by atoms with E-state index < -0.39 is 11.5 Å². The van der Waals surface area contributed by atoms with Gasteiger partial charge < -0.3 is 4.74 Å². The summed E-state index contributed by atoms with van der Waals surface area (Å²) in [5.41, 5.74) is -0.585. The lowest BCUT2D eigenvalue weighted by Gasteiger charge is -2.29. The number of ketones is 1. The Balaban J connectivity index is 2.05. The Morgan fingerprint density at radius 1 is 1.30 bits per heavy atom. The highest BCUT2D eigenvalue weighted by molar-refractivity contribution is 6.05. The highest BCUT2D eigenvalue weighted by atomic mass is 19.1. The number of carbonyl (C=O) groups excluding carboxylic acids is 1. The average molecular weight is 271 g/mol. The number of benzene rings is 1. The minimum Gasteiger partial charge on any atom is -0.497 e. The van der Waals surface area contributed by atoms with Gasteiger partial charge in [0.2, 0.25) is 11.5 Å². The minimum absolute atomic E-state index is 0.114. The maximum absolute atomic E-state index is 15.1. The number of alkyl halides is 1. The fourth-order valence-electron chi connectivity index (χ4n) is 2.60. The number of carbonyl (C=O) groups is 1. The molecule has 2 aromatic rings. The van der Waals surface area contributed by atoms with Crippen LogP contribution in [0.15, 0.2) is 42.6 Å². The maximum Gasteiger partial charge on any atom is 0.215 e. The SMILES string of the molecule is COc1ccc2c(c1)CC[C@@](F)(c1ccccn1)C2=O. The van der Waals surface area contributed by atoms with Crippen LogP contribution < -0.4 is 4.74 Å². The molecule has 1 aromatic carbocycles. The van der Waals surface area contributed by atoms with Crippen molar-refractivity contribution in [3.63, 3.8) is 0 Å². The van der Waals surface area contributed by atoms with Gasteiger partial charge in [0, 0.05) is 11.8 Å². The highest BCUT2D eigenvalue weighted by Gasteiger charge is 2.45. The molecule has 0 radical (unpaired) electrons. The minimum atomic E-state index is -2.02. The van der Waals surface area contributed by atoms with Crippen LogP contribution >= 0.6 is 0 Å². The van der Waals surface area contributed by atoms with Crippen LogP contribution in [0.2, 0.25) is 0 Å². The fraction of sp³-hybridized carbons (Fsp3) is 0.250. The molecule has 0 saturated carbocycles. The summed E-state index contributed by atoms with van der Waals surface area (Å²) in [5, 5.41) is 0. The molecule has 1 aromatic heterocycles. The number of ether oxygens (including phenoxy) is 1. The Morgan fingerprint density at radius 2 is 2.15 bits per heavy atom. The zero-order valence-corrected chi connectivity index (χ0v) is 11.1. The van der Waals surface area contributed by atoms with Gasteiger partial charge in [0.05, 0.1) is 12.8 Å². The van der Waals surface area contributed by atoms with Crippen molar-refractivity contribution in [2.75, 3.05) is 7.11 Å². The van der Waals surface area contributed by atoms with Gasteiger partial charge >= 0.3 is 0 Å². The van der Waals surface area contributed by atoms with E-state index in [1.54, 1.807) is 43.5 Å². The quantitative estimate of drug-likeness (QED) is 0.842. The van der Waals surface area contributed by atoms with Crippen molar-refractivity contribution in [1.29, 1.82) is 0 Å². The molecule has 20 heavy (non-hydrogen) atoms. The van der Waals surface area contributed by atoms with Gasteiger partial charge in [-0.2, -0.15) is 0 Å². The van der Waals surface area contributed by atoms with E-state index in [0.717, 1.165) is 5.56 Å². The molecule has 0 spiro atoms. The Kier molecular flexibility index (Phi) is 3.01. The molecule has 0 saturated heterocycles. The summed E-state index contributed by atoms with van der Waals surface area (Å²) in [6, 6.07) is 10.1. The van der Waals surface area contributed by atoms with Gasteiger partial charge in [0.25, 0.3) is 0 Å². The first kappa shape index (κ1) is 12.8. The van der Waals surface area contributed by atoms with Crippen molar-refractivity contribution in [2.24, 2.45) is 0 Å². The normalized spacial score (nSPS) is 21.4. The Hall–Kier alpha value is -2.23. The predicted molar refractivity (Wildman–Crippen MR) is 72.7 cm³/mol. The van der Waals surface area contributed by atoms with Crippen LogP contribution in [0.1, 0.15) is 28.0 Å². The van der Waals surface area contributed by atoms with Crippen molar-refractivity contribution in [3.05, 3.63) is 59.4 Å². The molecule has 0 amide bonds. The number of Topliss-reactive ketones (excluding diaryl/α,β-unsaturated/α-hetero) is 1. The average Bonchev–Trinajstić information content (AvgIpc) is 2.51. The van der Waals surface area contributed by atoms with Gasteiger partial charge in [-0.05, 0) is 48.7 Å². The molecule has 3 rings (SSSR count). The van der Waals surface area contributed by atoms with Crippen LogP contribution in [0.3, 0.4) is 0 Å². The zero-order chi connectivity index (χ0) is 14.2. The second-order valence-electron chi connectivity index (χ2n) is 4.87. The molecular weight excluding hydrogens is 257 g/mol. The fourth-order valence-corrected chi connectivity index (χ4v) is 2.60. The third kappa shape index (κ3) is 1.88. The summed E-state index contributed by atoms with van der Waals surface area (Å²) in [7, 11) is 1.57. The number of aryl methyl sites for hydroxylation is 1. The van der Waals surface area contributed by atoms with Crippen LogP contribution in [0.25, 0.3) is 0 Å². The number of hydrogen-bond acceptors (Lipinski definition) is 3. The lowest BCUT2D eigenvalue weighted by Crippen LogP contribution is -2.36. The molecule has 0 unspecified atom stereocenters. The molecular formula is C16H14FNO2. The molecule has 3 nitrogen and oxygen atoms in total. The monoisotopic (exact) mass is 271 g/mol. The standard InChI is InChI=1S/C16H14FNO2/c1-20-12-5-6-13-11(10-12)7-8-16(17,15(13)19)14-4-2-3-9-18-14/h2-6,9-10H,7-8H2,1H3/t16-/m1/s1. The number of rotatable bonds is 2. The van der Waals surface area contributed by atoms with Crippen LogP contribution in [-0.4, -0.2) is 17.9 Å². The second kappa shape index (κ2) is 4.71. The first-order valence-electron chi connectivity index (χ1n) is 6.47. The van der Waals surface area contributed by atoms with Gasteiger partial charge in [-0.1, -0.05) is 6.07 Å². The summed E-state index contributed by atoms with van der Waals surface area (Å²) < 4.78 is 20.3. The molecule has 102 valence electrons. The first-order chi connectivity index (χ1) is 9.65. The number of fused-ring (bicyclic) bond motifs is 1. The summed E-state index contributed by atoms with van der Waals surface area (Å²) >= 11 is 0. The summed E-state index contributed by atoms with van der Waals surface area (Å²) in [6.45, 7) is 0. The predicted octanol–water partition coefficient (Wildman–Crippen LogP) is 3.08. The van der Waals surface area contributed by atoms with E-state index in [1.165, 1.54) is 6.20 Å². The number of aromatic nitrogens is 1. The van der Waals surface area contributed by atoms with E-state index in [4.69, 9.17) is 4.74 Å². The lowest BCUT2D eigenvalue weighted by atomic mass is 9.78. The molecule has 0 bridgehead atoms. The van der Waals surface area contributed by atoms with Crippen molar-refractivity contribution < 1.29 is 13.9 Å². The molecule has 1 atom stereocenters. The van der Waals surface area contributed by atoms with Crippen LogP contribution in [0, 0.1) is 0 Å². The van der Waals surface area contributed by atoms with Crippen molar-refractivity contribution >= 4 is 5.78 Å². The zero-order valence-electron chi connectivity index (χ0n) is 11.1. The molecule has 1 aliphatic rings. The van der Waals surface area contributed by atoms with Crippen molar-refractivity contribution in [3.8, 4) is 5.75 Å². The van der Waals surface area contributed by atoms with Crippen molar-refractivity contribution in [1.82, 2.24) is 4.98 Å². The highest BCUT2D eigenvalue weighted by Crippen LogP contribution is 2.39. The summed E-state index contributed by atoms with van der Waals surface area (Å²) in [6.07, 6.45) is 2.11. The van der Waals surface area contributed by atoms with E-state index >= 15 is 4.39 Å². The Morgan fingerprint density at radius 3 is 2.85 bits per heavy atom. The Labute approximate surface area is 116 Å². The number of pyridine rings is 1. The molecule has 1 heterocycles. The van der Waals surface area contributed by atoms with E-state index in [0.29, 0.717) is 17.7 Å². The smallest absolute Gasteiger partial charge is 0.215 e. The van der Waals surface area contributed by atoms with Gasteiger partial charge in [0.15, 0.2) is 0 Å². The molecule has 0 fully saturated rings.